The summed E-state index contributed by atoms with van der Waals surface area (Å²) < 4.78 is 5.43. The van der Waals surface area contributed by atoms with Crippen molar-refractivity contribution in [3.8, 4) is 6.07 Å². The topological polar surface area (TPSA) is 68.6 Å². The first kappa shape index (κ1) is 22.8. The number of ether oxygens (including phenoxy) is 1. The summed E-state index contributed by atoms with van der Waals surface area (Å²) in [5.41, 5.74) is 4.22. The predicted molar refractivity (Wildman–Crippen MR) is 129 cm³/mol. The average molecular weight is 453 g/mol. The number of amides is 1. The van der Waals surface area contributed by atoms with Gasteiger partial charge in [-0.25, -0.2) is 0 Å². The summed E-state index contributed by atoms with van der Waals surface area (Å²) in [6, 6.07) is 10.6. The van der Waals surface area contributed by atoms with E-state index >= 15 is 0 Å². The van der Waals surface area contributed by atoms with Crippen LogP contribution in [0.2, 0.25) is 0 Å². The fraction of sp³-hybridized carbons (Fsp3) is 0.520. The smallest absolute Gasteiger partial charge is 0.242 e. The Morgan fingerprint density at radius 1 is 1.22 bits per heavy atom. The van der Waals surface area contributed by atoms with Crippen LogP contribution in [-0.4, -0.2) is 50.2 Å². The molecule has 0 saturated carbocycles. The van der Waals surface area contributed by atoms with Crippen LogP contribution in [0.4, 0.5) is 10.7 Å². The molecule has 2 aliphatic rings. The van der Waals surface area contributed by atoms with E-state index in [1.54, 1.807) is 11.3 Å². The first-order valence-electron chi connectivity index (χ1n) is 11.5. The summed E-state index contributed by atoms with van der Waals surface area (Å²) in [5, 5.41) is 13.5. The van der Waals surface area contributed by atoms with Crippen molar-refractivity contribution in [3.63, 3.8) is 0 Å². The van der Waals surface area contributed by atoms with Gasteiger partial charge in [-0.15, -0.1) is 11.3 Å². The molecule has 1 aromatic carbocycles. The SMILES string of the molecule is C[C@@H](C(=O)Nc1sc2c(c1C#N)CCCCC2)N(C)Cc1ccc(N2CCOCC2)cc1. The predicted octanol–water partition coefficient (Wildman–Crippen LogP) is 4.18. The number of morpholine rings is 1. The van der Waals surface area contributed by atoms with Gasteiger partial charge in [0.1, 0.15) is 11.1 Å². The van der Waals surface area contributed by atoms with Gasteiger partial charge in [0.15, 0.2) is 0 Å². The molecule has 2 aromatic rings. The number of benzene rings is 1. The highest BCUT2D eigenvalue weighted by atomic mass is 32.1. The number of thiophene rings is 1. The van der Waals surface area contributed by atoms with Crippen LogP contribution in [0, 0.1) is 11.3 Å². The summed E-state index contributed by atoms with van der Waals surface area (Å²) >= 11 is 1.59. The van der Waals surface area contributed by atoms with Crippen LogP contribution in [0.3, 0.4) is 0 Å². The molecule has 0 spiro atoms. The molecule has 6 nitrogen and oxygen atoms in total. The maximum absolute atomic E-state index is 13.0. The van der Waals surface area contributed by atoms with Crippen LogP contribution in [0.25, 0.3) is 0 Å². The van der Waals surface area contributed by atoms with Crippen LogP contribution in [0.15, 0.2) is 24.3 Å². The molecule has 170 valence electrons. The van der Waals surface area contributed by atoms with Crippen molar-refractivity contribution in [3.05, 3.63) is 45.8 Å². The Morgan fingerprint density at radius 2 is 1.94 bits per heavy atom. The van der Waals surface area contributed by atoms with Gasteiger partial charge < -0.3 is 15.0 Å². The van der Waals surface area contributed by atoms with Gasteiger partial charge >= 0.3 is 0 Å². The number of likely N-dealkylation sites (N-methyl/N-ethyl adjacent to an activating group) is 1. The van der Waals surface area contributed by atoms with Crippen LogP contribution in [0.5, 0.6) is 0 Å². The highest BCUT2D eigenvalue weighted by Gasteiger charge is 2.24. The molecule has 1 N–H and O–H groups in total. The molecular weight excluding hydrogens is 420 g/mol. The average Bonchev–Trinajstić information content (AvgIpc) is 2.98. The van der Waals surface area contributed by atoms with Crippen molar-refractivity contribution in [2.75, 3.05) is 43.6 Å². The zero-order valence-electron chi connectivity index (χ0n) is 19.0. The number of rotatable bonds is 6. The van der Waals surface area contributed by atoms with Crippen molar-refractivity contribution >= 4 is 27.9 Å². The maximum Gasteiger partial charge on any atom is 0.242 e. The fourth-order valence-electron chi connectivity index (χ4n) is 4.42. The Labute approximate surface area is 194 Å². The van der Waals surface area contributed by atoms with E-state index in [-0.39, 0.29) is 11.9 Å². The van der Waals surface area contributed by atoms with Gasteiger partial charge in [-0.1, -0.05) is 18.6 Å². The molecule has 1 aromatic heterocycles. The van der Waals surface area contributed by atoms with E-state index < -0.39 is 0 Å². The van der Waals surface area contributed by atoms with Crippen LogP contribution < -0.4 is 10.2 Å². The van der Waals surface area contributed by atoms with Crippen molar-refractivity contribution in [2.24, 2.45) is 0 Å². The number of nitriles is 1. The number of nitrogens with one attached hydrogen (secondary N) is 1. The van der Waals surface area contributed by atoms with Gasteiger partial charge in [0.25, 0.3) is 0 Å². The van der Waals surface area contributed by atoms with E-state index in [0.29, 0.717) is 12.1 Å². The highest BCUT2D eigenvalue weighted by molar-refractivity contribution is 7.16. The zero-order valence-corrected chi connectivity index (χ0v) is 19.8. The lowest BCUT2D eigenvalue weighted by atomic mass is 10.1. The summed E-state index contributed by atoms with van der Waals surface area (Å²) in [6.07, 6.45) is 5.45. The third-order valence-corrected chi connectivity index (χ3v) is 7.76. The minimum Gasteiger partial charge on any atom is -0.378 e. The van der Waals surface area contributed by atoms with Crippen LogP contribution in [0.1, 0.15) is 47.8 Å². The number of aryl methyl sites for hydroxylation is 1. The van der Waals surface area contributed by atoms with E-state index in [4.69, 9.17) is 4.74 Å². The van der Waals surface area contributed by atoms with E-state index in [1.807, 2.05) is 18.9 Å². The molecule has 32 heavy (non-hydrogen) atoms. The molecule has 1 aliphatic carbocycles. The molecule has 1 aliphatic heterocycles. The second-order valence-electron chi connectivity index (χ2n) is 8.73. The maximum atomic E-state index is 13.0. The lowest BCUT2D eigenvalue weighted by molar-refractivity contribution is -0.120. The van der Waals surface area contributed by atoms with Crippen molar-refractivity contribution in [1.29, 1.82) is 5.26 Å². The number of carbonyl (C=O) groups is 1. The first-order chi connectivity index (χ1) is 15.6. The summed E-state index contributed by atoms with van der Waals surface area (Å²) in [7, 11) is 1.97. The van der Waals surface area contributed by atoms with Crippen molar-refractivity contribution in [1.82, 2.24) is 4.90 Å². The molecule has 1 saturated heterocycles. The summed E-state index contributed by atoms with van der Waals surface area (Å²) in [6.45, 7) is 6.00. The molecule has 0 radical (unpaired) electrons. The third-order valence-electron chi connectivity index (χ3n) is 6.55. The molecule has 0 unspecified atom stereocenters. The molecule has 2 heterocycles. The summed E-state index contributed by atoms with van der Waals surface area (Å²) in [5.74, 6) is -0.0645. The second kappa shape index (κ2) is 10.5. The van der Waals surface area contributed by atoms with E-state index in [1.165, 1.54) is 22.5 Å². The minimum absolute atomic E-state index is 0.0645. The van der Waals surface area contributed by atoms with E-state index in [0.717, 1.165) is 62.6 Å². The van der Waals surface area contributed by atoms with Crippen LogP contribution >= 0.6 is 11.3 Å². The van der Waals surface area contributed by atoms with E-state index in [2.05, 4.69) is 40.6 Å². The highest BCUT2D eigenvalue weighted by Crippen LogP contribution is 2.37. The Morgan fingerprint density at radius 3 is 2.66 bits per heavy atom. The van der Waals surface area contributed by atoms with Gasteiger partial charge in [-0.2, -0.15) is 5.26 Å². The Hall–Kier alpha value is -2.40. The Kier molecular flexibility index (Phi) is 7.46. The molecule has 0 bridgehead atoms. The van der Waals surface area contributed by atoms with Crippen LogP contribution in [-0.2, 0) is 28.9 Å². The van der Waals surface area contributed by atoms with Crippen molar-refractivity contribution in [2.45, 2.75) is 51.6 Å². The summed E-state index contributed by atoms with van der Waals surface area (Å²) in [4.78, 5) is 18.6. The lowest BCUT2D eigenvalue weighted by Crippen LogP contribution is -2.39. The van der Waals surface area contributed by atoms with Gasteiger partial charge in [0.2, 0.25) is 5.91 Å². The number of hydrogen-bond acceptors (Lipinski definition) is 6. The normalized spacial score (nSPS) is 17.4. The Balaban J connectivity index is 1.37. The van der Waals surface area contributed by atoms with Gasteiger partial charge in [-0.05, 0) is 62.9 Å². The molecule has 4 rings (SSSR count). The zero-order chi connectivity index (χ0) is 22.5. The third kappa shape index (κ3) is 5.15. The number of nitrogens with zero attached hydrogens (tertiary/aromatic N) is 3. The molecule has 1 amide bonds. The molecule has 7 heteroatoms. The number of anilines is 2. The standard InChI is InChI=1S/C25H32N4O2S/c1-18(24(30)27-25-22(16-26)21-6-4-3-5-7-23(21)32-25)28(2)17-19-8-10-20(11-9-19)29-12-14-31-15-13-29/h8-11,18H,3-7,12-15,17H2,1-2H3,(H,27,30)/t18-/m0/s1. The quantitative estimate of drug-likeness (QED) is 0.666. The second-order valence-corrected chi connectivity index (χ2v) is 9.83. The van der Waals surface area contributed by atoms with Gasteiger partial charge in [0.05, 0.1) is 24.8 Å². The van der Waals surface area contributed by atoms with Gasteiger partial charge in [-0.3, -0.25) is 9.69 Å². The molecule has 1 atom stereocenters. The molecule has 1 fully saturated rings. The largest absolute Gasteiger partial charge is 0.378 e. The van der Waals surface area contributed by atoms with E-state index in [9.17, 15) is 10.1 Å². The number of fused-ring (bicyclic) bond motifs is 1. The minimum atomic E-state index is -0.303. The molecular formula is C25H32N4O2S. The monoisotopic (exact) mass is 452 g/mol. The number of hydrogen-bond donors (Lipinski definition) is 1. The fourth-order valence-corrected chi connectivity index (χ4v) is 5.67. The first-order valence-corrected chi connectivity index (χ1v) is 12.4. The lowest BCUT2D eigenvalue weighted by Gasteiger charge is -2.29. The Bertz CT molecular complexity index is 973. The number of carbonyl (C=O) groups excluding carboxylic acids is 1. The van der Waals surface area contributed by atoms with Gasteiger partial charge in [0, 0.05) is 30.2 Å². The van der Waals surface area contributed by atoms with Crippen molar-refractivity contribution < 1.29 is 9.53 Å².